The van der Waals surface area contributed by atoms with E-state index in [1.807, 2.05) is 45.0 Å². The van der Waals surface area contributed by atoms with Crippen molar-refractivity contribution in [3.05, 3.63) is 53.5 Å². The summed E-state index contributed by atoms with van der Waals surface area (Å²) in [6.07, 6.45) is 0.637. The number of carbonyl (C=O) groups is 1. The molecule has 3 rings (SSSR count). The quantitative estimate of drug-likeness (QED) is 0.732. The maximum absolute atomic E-state index is 12.3. The summed E-state index contributed by atoms with van der Waals surface area (Å²) in [6, 6.07) is 11.1. The van der Waals surface area contributed by atoms with Crippen molar-refractivity contribution in [3.63, 3.8) is 0 Å². The SMILES string of the molecule is CCc1nc(-c2c(C)cc(C)nc2NC(=O)COc2ccccc2)no1. The number of para-hydroxylation sites is 1. The highest BCUT2D eigenvalue weighted by Crippen LogP contribution is 2.28. The zero-order chi connectivity index (χ0) is 18.5. The molecular weight excluding hydrogens is 332 g/mol. The Morgan fingerprint density at radius 1 is 1.19 bits per heavy atom. The summed E-state index contributed by atoms with van der Waals surface area (Å²) < 4.78 is 10.7. The fraction of sp³-hybridized carbons (Fsp3) is 0.263. The van der Waals surface area contributed by atoms with Gasteiger partial charge in [0.1, 0.15) is 11.6 Å². The molecule has 3 aromatic rings. The van der Waals surface area contributed by atoms with Crippen LogP contribution < -0.4 is 10.1 Å². The van der Waals surface area contributed by atoms with Gasteiger partial charge in [-0.2, -0.15) is 4.98 Å². The molecule has 0 fully saturated rings. The van der Waals surface area contributed by atoms with Crippen LogP contribution in [-0.4, -0.2) is 27.6 Å². The van der Waals surface area contributed by atoms with Gasteiger partial charge in [-0.05, 0) is 37.6 Å². The molecule has 0 saturated heterocycles. The van der Waals surface area contributed by atoms with Crippen LogP contribution in [0.5, 0.6) is 5.75 Å². The van der Waals surface area contributed by atoms with Crippen LogP contribution in [0.3, 0.4) is 0 Å². The van der Waals surface area contributed by atoms with Crippen LogP contribution in [0.15, 0.2) is 40.9 Å². The van der Waals surface area contributed by atoms with Gasteiger partial charge in [0.15, 0.2) is 6.61 Å². The summed E-state index contributed by atoms with van der Waals surface area (Å²) in [7, 11) is 0. The highest BCUT2D eigenvalue weighted by Gasteiger charge is 2.18. The van der Waals surface area contributed by atoms with Gasteiger partial charge in [-0.3, -0.25) is 4.79 Å². The van der Waals surface area contributed by atoms with E-state index in [1.165, 1.54) is 0 Å². The van der Waals surface area contributed by atoms with Crippen LogP contribution in [0.2, 0.25) is 0 Å². The Hall–Kier alpha value is -3.22. The van der Waals surface area contributed by atoms with Crippen LogP contribution in [-0.2, 0) is 11.2 Å². The van der Waals surface area contributed by atoms with Gasteiger partial charge in [-0.25, -0.2) is 4.98 Å². The normalized spacial score (nSPS) is 10.6. The third kappa shape index (κ3) is 4.05. The predicted molar refractivity (Wildman–Crippen MR) is 96.9 cm³/mol. The van der Waals surface area contributed by atoms with Gasteiger partial charge in [0, 0.05) is 12.1 Å². The Morgan fingerprint density at radius 3 is 2.65 bits per heavy atom. The van der Waals surface area contributed by atoms with Gasteiger partial charge in [0.05, 0.1) is 5.56 Å². The third-order valence-electron chi connectivity index (χ3n) is 3.71. The Labute approximate surface area is 151 Å². The highest BCUT2D eigenvalue weighted by molar-refractivity contribution is 5.94. The van der Waals surface area contributed by atoms with Gasteiger partial charge < -0.3 is 14.6 Å². The minimum atomic E-state index is -0.313. The number of pyridine rings is 1. The first-order chi connectivity index (χ1) is 12.6. The number of hydrogen-bond donors (Lipinski definition) is 1. The topological polar surface area (TPSA) is 90.1 Å². The number of hydrogen-bond acceptors (Lipinski definition) is 6. The molecule has 0 atom stereocenters. The average molecular weight is 352 g/mol. The smallest absolute Gasteiger partial charge is 0.263 e. The molecule has 1 N–H and O–H groups in total. The molecule has 0 aliphatic carbocycles. The van der Waals surface area contributed by atoms with E-state index >= 15 is 0 Å². The van der Waals surface area contributed by atoms with Crippen LogP contribution in [0, 0.1) is 13.8 Å². The first kappa shape index (κ1) is 17.6. The number of aryl methyl sites for hydroxylation is 3. The molecule has 0 radical (unpaired) electrons. The summed E-state index contributed by atoms with van der Waals surface area (Å²) in [6.45, 7) is 5.59. The predicted octanol–water partition coefficient (Wildman–Crippen LogP) is 3.33. The lowest BCUT2D eigenvalue weighted by Gasteiger charge is -2.12. The fourth-order valence-electron chi connectivity index (χ4n) is 2.54. The molecule has 7 nitrogen and oxygen atoms in total. The molecular formula is C19H20N4O3. The van der Waals surface area contributed by atoms with Crippen molar-refractivity contribution < 1.29 is 14.1 Å². The largest absolute Gasteiger partial charge is 0.484 e. The zero-order valence-corrected chi connectivity index (χ0v) is 14.9. The maximum atomic E-state index is 12.3. The van der Waals surface area contributed by atoms with E-state index in [2.05, 4.69) is 20.4 Å². The average Bonchev–Trinajstić information content (AvgIpc) is 3.09. The van der Waals surface area contributed by atoms with Crippen molar-refractivity contribution in [2.45, 2.75) is 27.2 Å². The number of nitrogens with one attached hydrogen (secondary N) is 1. The Bertz CT molecular complexity index is 906. The second kappa shape index (κ2) is 7.77. The molecule has 0 unspecified atom stereocenters. The minimum absolute atomic E-state index is 0.120. The Morgan fingerprint density at radius 2 is 1.96 bits per heavy atom. The number of rotatable bonds is 6. The number of aromatic nitrogens is 3. The lowest BCUT2D eigenvalue weighted by molar-refractivity contribution is -0.118. The van der Waals surface area contributed by atoms with Gasteiger partial charge in [-0.1, -0.05) is 30.3 Å². The van der Waals surface area contributed by atoms with Crippen LogP contribution in [0.1, 0.15) is 24.1 Å². The second-order valence-electron chi connectivity index (χ2n) is 5.82. The van der Waals surface area contributed by atoms with Crippen molar-refractivity contribution in [1.82, 2.24) is 15.1 Å². The van der Waals surface area contributed by atoms with Gasteiger partial charge in [-0.15, -0.1) is 0 Å². The van der Waals surface area contributed by atoms with Crippen LogP contribution >= 0.6 is 0 Å². The fourth-order valence-corrected chi connectivity index (χ4v) is 2.54. The molecule has 0 aliphatic heterocycles. The van der Waals surface area contributed by atoms with Crippen LogP contribution in [0.25, 0.3) is 11.4 Å². The summed E-state index contributed by atoms with van der Waals surface area (Å²) in [5.41, 5.74) is 2.33. The van der Waals surface area contributed by atoms with E-state index in [-0.39, 0.29) is 12.5 Å². The van der Waals surface area contributed by atoms with E-state index in [1.54, 1.807) is 12.1 Å². The molecule has 0 saturated carbocycles. The van der Waals surface area contributed by atoms with Gasteiger partial charge in [0.2, 0.25) is 11.7 Å². The van der Waals surface area contributed by atoms with Crippen LogP contribution in [0.4, 0.5) is 5.82 Å². The molecule has 134 valence electrons. The maximum Gasteiger partial charge on any atom is 0.263 e. The summed E-state index contributed by atoms with van der Waals surface area (Å²) in [4.78, 5) is 21.1. The molecule has 0 bridgehead atoms. The third-order valence-corrected chi connectivity index (χ3v) is 3.71. The van der Waals surface area contributed by atoms with E-state index in [0.717, 1.165) is 11.3 Å². The number of ether oxygens (including phenoxy) is 1. The summed E-state index contributed by atoms with van der Waals surface area (Å²) in [5, 5.41) is 6.79. The summed E-state index contributed by atoms with van der Waals surface area (Å²) in [5.74, 6) is 1.65. The molecule has 7 heteroatoms. The number of benzene rings is 1. The van der Waals surface area contributed by atoms with E-state index in [0.29, 0.717) is 35.3 Å². The van der Waals surface area contributed by atoms with Crippen molar-refractivity contribution in [2.75, 3.05) is 11.9 Å². The first-order valence-corrected chi connectivity index (χ1v) is 8.35. The first-order valence-electron chi connectivity index (χ1n) is 8.35. The minimum Gasteiger partial charge on any atom is -0.484 e. The Balaban J connectivity index is 1.81. The molecule has 0 aliphatic rings. The van der Waals surface area contributed by atoms with Crippen molar-refractivity contribution in [2.24, 2.45) is 0 Å². The number of nitrogens with zero attached hydrogens (tertiary/aromatic N) is 3. The van der Waals surface area contributed by atoms with E-state index in [9.17, 15) is 4.79 Å². The van der Waals surface area contributed by atoms with E-state index < -0.39 is 0 Å². The number of amides is 1. The number of anilines is 1. The molecule has 26 heavy (non-hydrogen) atoms. The summed E-state index contributed by atoms with van der Waals surface area (Å²) >= 11 is 0. The van der Waals surface area contributed by atoms with Crippen molar-refractivity contribution >= 4 is 11.7 Å². The van der Waals surface area contributed by atoms with Gasteiger partial charge in [0.25, 0.3) is 5.91 Å². The van der Waals surface area contributed by atoms with Gasteiger partial charge >= 0.3 is 0 Å². The zero-order valence-electron chi connectivity index (χ0n) is 14.9. The number of carbonyl (C=O) groups excluding carboxylic acids is 1. The lowest BCUT2D eigenvalue weighted by atomic mass is 10.1. The molecule has 1 amide bonds. The van der Waals surface area contributed by atoms with Crippen molar-refractivity contribution in [3.8, 4) is 17.1 Å². The standard InChI is InChI=1S/C19H20N4O3/c1-4-16-22-19(23-26-16)17-12(2)10-13(3)20-18(17)21-15(24)11-25-14-8-6-5-7-9-14/h5-10H,4,11H2,1-3H3,(H,20,21,24). The molecule has 2 aromatic heterocycles. The highest BCUT2D eigenvalue weighted by atomic mass is 16.5. The molecule has 2 heterocycles. The molecule has 0 spiro atoms. The molecule has 1 aromatic carbocycles. The Kier molecular flexibility index (Phi) is 5.26. The lowest BCUT2D eigenvalue weighted by Crippen LogP contribution is -2.21. The second-order valence-corrected chi connectivity index (χ2v) is 5.82. The monoisotopic (exact) mass is 352 g/mol. The van der Waals surface area contributed by atoms with E-state index in [4.69, 9.17) is 9.26 Å². The van der Waals surface area contributed by atoms with Crippen molar-refractivity contribution in [1.29, 1.82) is 0 Å².